The number of hydrogen-bond donors (Lipinski definition) is 0. The number of rotatable bonds is 3. The largest absolute Gasteiger partial charge is 0.491 e. The molecule has 2 aromatic rings. The molecule has 26 heavy (non-hydrogen) atoms. The number of fused-ring (bicyclic) bond motifs is 1. The monoisotopic (exact) mass is 356 g/mol. The van der Waals surface area contributed by atoms with E-state index in [4.69, 9.17) is 13.9 Å². The molecule has 2 aliphatic rings. The van der Waals surface area contributed by atoms with Gasteiger partial charge in [-0.3, -0.25) is 9.69 Å². The van der Waals surface area contributed by atoms with Gasteiger partial charge in [-0.2, -0.15) is 0 Å². The lowest BCUT2D eigenvalue weighted by molar-refractivity contribution is 0.0341. The second-order valence-electron chi connectivity index (χ2n) is 6.94. The van der Waals surface area contributed by atoms with Crippen LogP contribution in [0.15, 0.2) is 41.2 Å². The molecule has 6 nitrogen and oxygen atoms in total. The highest BCUT2D eigenvalue weighted by Gasteiger charge is 2.27. The van der Waals surface area contributed by atoms with Gasteiger partial charge in [-0.15, -0.1) is 0 Å². The number of nitrogens with zero attached hydrogens (tertiary/aromatic N) is 2. The first-order valence-corrected chi connectivity index (χ1v) is 9.08. The number of benzene rings is 1. The molecule has 0 bridgehead atoms. The predicted octanol–water partition coefficient (Wildman–Crippen LogP) is 2.54. The van der Waals surface area contributed by atoms with Crippen LogP contribution < -0.4 is 4.74 Å². The van der Waals surface area contributed by atoms with Gasteiger partial charge in [0.15, 0.2) is 0 Å². The summed E-state index contributed by atoms with van der Waals surface area (Å²) in [4.78, 5) is 17.1. The van der Waals surface area contributed by atoms with Crippen LogP contribution in [0.1, 0.15) is 28.4 Å². The third kappa shape index (κ3) is 3.61. The lowest BCUT2D eigenvalue weighted by Crippen LogP contribution is -2.39. The number of furan rings is 1. The van der Waals surface area contributed by atoms with Crippen molar-refractivity contribution < 1.29 is 18.7 Å². The van der Waals surface area contributed by atoms with Crippen molar-refractivity contribution >= 4 is 5.91 Å². The molecule has 0 N–H and O–H groups in total. The molecular weight excluding hydrogens is 332 g/mol. The van der Waals surface area contributed by atoms with Gasteiger partial charge in [0, 0.05) is 25.2 Å². The van der Waals surface area contributed by atoms with Crippen LogP contribution >= 0.6 is 0 Å². The Balaban J connectivity index is 1.54. The maximum atomic E-state index is 12.8. The van der Waals surface area contributed by atoms with Gasteiger partial charge < -0.3 is 18.8 Å². The highest BCUT2D eigenvalue weighted by atomic mass is 16.5. The molecule has 1 saturated heterocycles. The minimum atomic E-state index is -0.0266. The predicted molar refractivity (Wildman–Crippen MR) is 96.1 cm³/mol. The van der Waals surface area contributed by atoms with Crippen molar-refractivity contribution in [3.63, 3.8) is 0 Å². The van der Waals surface area contributed by atoms with Crippen LogP contribution in [0, 0.1) is 0 Å². The molecular formula is C20H24N2O4. The van der Waals surface area contributed by atoms with Crippen LogP contribution in [0.4, 0.5) is 0 Å². The minimum Gasteiger partial charge on any atom is -0.491 e. The smallest absolute Gasteiger partial charge is 0.257 e. The second-order valence-corrected chi connectivity index (χ2v) is 6.94. The van der Waals surface area contributed by atoms with Crippen molar-refractivity contribution in [1.82, 2.24) is 9.80 Å². The Hall–Kier alpha value is -2.31. The molecule has 0 spiro atoms. The molecule has 1 amide bonds. The molecule has 1 aromatic heterocycles. The summed E-state index contributed by atoms with van der Waals surface area (Å²) >= 11 is 0. The van der Waals surface area contributed by atoms with E-state index in [2.05, 4.69) is 17.0 Å². The summed E-state index contributed by atoms with van der Waals surface area (Å²) in [5.74, 6) is 0.839. The summed E-state index contributed by atoms with van der Waals surface area (Å²) in [7, 11) is 0. The molecule has 0 unspecified atom stereocenters. The molecule has 6 heteroatoms. The second kappa shape index (κ2) is 7.51. The first-order chi connectivity index (χ1) is 12.7. The molecule has 138 valence electrons. The Morgan fingerprint density at radius 3 is 2.85 bits per heavy atom. The van der Waals surface area contributed by atoms with Crippen molar-refractivity contribution in [2.75, 3.05) is 32.9 Å². The van der Waals surface area contributed by atoms with Gasteiger partial charge >= 0.3 is 0 Å². The highest BCUT2D eigenvalue weighted by Crippen LogP contribution is 2.28. The first kappa shape index (κ1) is 17.1. The fourth-order valence-corrected chi connectivity index (χ4v) is 3.48. The molecule has 0 radical (unpaired) electrons. The van der Waals surface area contributed by atoms with Gasteiger partial charge in [0.2, 0.25) is 0 Å². The number of carbonyl (C=O) groups excluding carboxylic acids is 1. The van der Waals surface area contributed by atoms with E-state index in [1.165, 1.54) is 18.1 Å². The molecule has 1 atom stereocenters. The molecule has 4 rings (SSSR count). The summed E-state index contributed by atoms with van der Waals surface area (Å²) in [5.41, 5.74) is 2.86. The quantitative estimate of drug-likeness (QED) is 0.846. The summed E-state index contributed by atoms with van der Waals surface area (Å²) in [6.45, 7) is 7.42. The Bertz CT molecular complexity index is 753. The Morgan fingerprint density at radius 1 is 1.23 bits per heavy atom. The third-order valence-electron chi connectivity index (χ3n) is 5.02. The van der Waals surface area contributed by atoms with Gasteiger partial charge in [-0.05, 0) is 30.7 Å². The van der Waals surface area contributed by atoms with Crippen molar-refractivity contribution in [1.29, 1.82) is 0 Å². The van der Waals surface area contributed by atoms with Gasteiger partial charge in [0.25, 0.3) is 5.91 Å². The molecule has 0 aliphatic carbocycles. The maximum absolute atomic E-state index is 12.8. The zero-order valence-corrected chi connectivity index (χ0v) is 15.0. The van der Waals surface area contributed by atoms with Crippen molar-refractivity contribution in [3.05, 3.63) is 53.5 Å². The van der Waals surface area contributed by atoms with E-state index in [9.17, 15) is 4.79 Å². The Kier molecular flexibility index (Phi) is 4.95. The van der Waals surface area contributed by atoms with Crippen molar-refractivity contribution in [2.24, 2.45) is 0 Å². The number of ether oxygens (including phenoxy) is 2. The summed E-state index contributed by atoms with van der Waals surface area (Å²) in [6, 6.07) is 8.01. The normalized spacial score (nSPS) is 21.0. The van der Waals surface area contributed by atoms with Crippen LogP contribution in [0.2, 0.25) is 0 Å². The highest BCUT2D eigenvalue weighted by molar-refractivity contribution is 5.94. The van der Waals surface area contributed by atoms with E-state index in [1.54, 1.807) is 6.07 Å². The van der Waals surface area contributed by atoms with Gasteiger partial charge in [0.1, 0.15) is 18.6 Å². The third-order valence-corrected chi connectivity index (χ3v) is 5.02. The van der Waals surface area contributed by atoms with Gasteiger partial charge in [-0.1, -0.05) is 6.07 Å². The van der Waals surface area contributed by atoms with E-state index in [0.717, 1.165) is 44.2 Å². The average molecular weight is 356 g/mol. The number of amides is 1. The molecule has 2 aliphatic heterocycles. The van der Waals surface area contributed by atoms with E-state index < -0.39 is 0 Å². The molecule has 1 fully saturated rings. The summed E-state index contributed by atoms with van der Waals surface area (Å²) in [5, 5.41) is 0. The van der Waals surface area contributed by atoms with E-state index in [0.29, 0.717) is 18.7 Å². The van der Waals surface area contributed by atoms with Gasteiger partial charge in [0.05, 0.1) is 37.6 Å². The summed E-state index contributed by atoms with van der Waals surface area (Å²) in [6.07, 6.45) is 3.02. The number of hydrogen-bond acceptors (Lipinski definition) is 5. The number of morpholine rings is 1. The van der Waals surface area contributed by atoms with Gasteiger partial charge in [-0.25, -0.2) is 0 Å². The Labute approximate surface area is 153 Å². The standard InChI is InChI=1S/C20H24N2O4/c1-15-13-26-19-3-2-16(11-21-5-8-24-9-6-21)10-18(19)12-22(15)20(23)17-4-7-25-14-17/h2-4,7,10,14-15H,5-6,8-9,11-13H2,1H3/t15-/m0/s1. The zero-order chi connectivity index (χ0) is 17.9. The maximum Gasteiger partial charge on any atom is 0.257 e. The summed E-state index contributed by atoms with van der Waals surface area (Å²) < 4.78 is 16.4. The van der Waals surface area contributed by atoms with Crippen LogP contribution in [0.3, 0.4) is 0 Å². The first-order valence-electron chi connectivity index (χ1n) is 9.08. The van der Waals surface area contributed by atoms with E-state index in [-0.39, 0.29) is 11.9 Å². The topological polar surface area (TPSA) is 55.2 Å². The van der Waals surface area contributed by atoms with Crippen LogP contribution in [0.25, 0.3) is 0 Å². The lowest BCUT2D eigenvalue weighted by Gasteiger charge is -2.27. The lowest BCUT2D eigenvalue weighted by atomic mass is 10.1. The Morgan fingerprint density at radius 2 is 2.08 bits per heavy atom. The van der Waals surface area contributed by atoms with Crippen molar-refractivity contribution in [2.45, 2.75) is 26.1 Å². The van der Waals surface area contributed by atoms with E-state index in [1.807, 2.05) is 17.9 Å². The van der Waals surface area contributed by atoms with Crippen LogP contribution in [-0.4, -0.2) is 54.7 Å². The van der Waals surface area contributed by atoms with Crippen LogP contribution in [-0.2, 0) is 17.8 Å². The molecule has 3 heterocycles. The molecule has 1 aromatic carbocycles. The van der Waals surface area contributed by atoms with E-state index >= 15 is 0 Å². The SMILES string of the molecule is C[C@H]1COc2ccc(CN3CCOCC3)cc2CN1C(=O)c1ccoc1. The van der Waals surface area contributed by atoms with Crippen molar-refractivity contribution in [3.8, 4) is 5.75 Å². The zero-order valence-electron chi connectivity index (χ0n) is 15.0. The number of carbonyl (C=O) groups is 1. The molecule has 0 saturated carbocycles. The minimum absolute atomic E-state index is 0.00695. The fraction of sp³-hybridized carbons (Fsp3) is 0.450. The fourth-order valence-electron chi connectivity index (χ4n) is 3.48. The van der Waals surface area contributed by atoms with Crippen LogP contribution in [0.5, 0.6) is 5.75 Å². The average Bonchev–Trinajstić information content (AvgIpc) is 3.15.